The molecule has 0 spiro atoms. The summed E-state index contributed by atoms with van der Waals surface area (Å²) in [6.45, 7) is 5.37. The van der Waals surface area contributed by atoms with Crippen LogP contribution in [-0.2, 0) is 11.9 Å². The number of carbonyl (C=O) groups is 1. The lowest BCUT2D eigenvalue weighted by Gasteiger charge is -2.17. The number of pyridine rings is 1. The number of halogens is 1. The smallest absolute Gasteiger partial charge is 0.280 e. The average molecular weight is 422 g/mol. The van der Waals surface area contributed by atoms with E-state index in [9.17, 15) is 14.0 Å². The van der Waals surface area contributed by atoms with E-state index in [2.05, 4.69) is 15.8 Å². The number of fused-ring (bicyclic) bond motifs is 1. The molecule has 3 rings (SSSR count). The Labute approximate surface area is 170 Å². The van der Waals surface area contributed by atoms with E-state index < -0.39 is 11.7 Å². The molecule has 3 aromatic rings. The van der Waals surface area contributed by atoms with Crippen LogP contribution in [0.1, 0.15) is 29.8 Å². The van der Waals surface area contributed by atoms with Crippen molar-refractivity contribution in [2.45, 2.75) is 20.8 Å². The van der Waals surface area contributed by atoms with Gasteiger partial charge in [-0.3, -0.25) is 19.0 Å². The number of nitrogens with zero attached hydrogens (tertiary/aromatic N) is 2. The van der Waals surface area contributed by atoms with Crippen molar-refractivity contribution in [2.75, 3.05) is 18.5 Å². The van der Waals surface area contributed by atoms with Gasteiger partial charge in [-0.05, 0) is 24.6 Å². The first-order valence-electron chi connectivity index (χ1n) is 8.96. The lowest BCUT2D eigenvalue weighted by Crippen LogP contribution is -2.30. The Morgan fingerprint density at radius 3 is 2.76 bits per heavy atom. The number of carbonyl (C=O) groups excluding carboxylic acids is 1. The van der Waals surface area contributed by atoms with E-state index >= 15 is 0 Å². The highest BCUT2D eigenvalue weighted by Crippen LogP contribution is 2.28. The van der Waals surface area contributed by atoms with Crippen LogP contribution in [0.15, 0.2) is 28.5 Å². The van der Waals surface area contributed by atoms with E-state index in [0.29, 0.717) is 4.70 Å². The van der Waals surface area contributed by atoms with Crippen molar-refractivity contribution < 1.29 is 19.1 Å². The van der Waals surface area contributed by atoms with E-state index in [1.165, 1.54) is 29.3 Å². The molecule has 10 heteroatoms. The highest BCUT2D eigenvalue weighted by atomic mass is 32.1. The van der Waals surface area contributed by atoms with E-state index in [0.717, 1.165) is 16.9 Å². The Hall–Kier alpha value is -2.82. The van der Waals surface area contributed by atoms with Gasteiger partial charge in [-0.25, -0.2) is 14.9 Å². The quantitative estimate of drug-likeness (QED) is 0.417. The number of aryl methyl sites for hydroxylation is 1. The number of aliphatic hydroxyl groups excluding tert-OH is 1. The first kappa shape index (κ1) is 22.5. The predicted molar refractivity (Wildman–Crippen MR) is 111 cm³/mol. The number of benzene rings is 1. The molecule has 0 radical (unpaired) electrons. The van der Waals surface area contributed by atoms with Crippen LogP contribution in [0.5, 0.6) is 0 Å². The number of amides is 1. The van der Waals surface area contributed by atoms with Crippen molar-refractivity contribution in [3.8, 4) is 0 Å². The molecule has 1 aromatic carbocycles. The predicted octanol–water partition coefficient (Wildman–Crippen LogP) is 2.87. The largest absolute Gasteiger partial charge is 0.394 e. The van der Waals surface area contributed by atoms with Gasteiger partial charge in [-0.2, -0.15) is 0 Å². The zero-order chi connectivity index (χ0) is 21.6. The zero-order valence-corrected chi connectivity index (χ0v) is 17.4. The normalized spacial score (nSPS) is 10.4. The number of anilines is 2. The highest BCUT2D eigenvalue weighted by Gasteiger charge is 2.23. The number of aliphatic hydroxyl groups is 1. The van der Waals surface area contributed by atoms with Crippen molar-refractivity contribution in [1.82, 2.24) is 15.0 Å². The maximum atomic E-state index is 14.3. The first-order valence-corrected chi connectivity index (χ1v) is 9.84. The second kappa shape index (κ2) is 10.1. The minimum atomic E-state index is -0.676. The first-order chi connectivity index (χ1) is 13.9. The van der Waals surface area contributed by atoms with E-state index in [4.69, 9.17) is 9.94 Å². The number of aromatic nitrogens is 2. The van der Waals surface area contributed by atoms with Crippen LogP contribution in [0.25, 0.3) is 10.2 Å². The molecule has 2 heterocycles. The zero-order valence-electron chi connectivity index (χ0n) is 16.6. The second-order valence-corrected chi connectivity index (χ2v) is 6.58. The summed E-state index contributed by atoms with van der Waals surface area (Å²) in [6.07, 6.45) is 0. The second-order valence-electron chi connectivity index (χ2n) is 5.73. The molecule has 8 nitrogen and oxygen atoms in total. The molecular formula is C19H23FN4O4S. The molecule has 1 amide bonds. The number of hydrogen-bond acceptors (Lipinski definition) is 7. The Morgan fingerprint density at radius 2 is 2.10 bits per heavy atom. The van der Waals surface area contributed by atoms with Gasteiger partial charge < -0.3 is 10.4 Å². The fourth-order valence-electron chi connectivity index (χ4n) is 2.53. The minimum Gasteiger partial charge on any atom is -0.394 e. The van der Waals surface area contributed by atoms with Crippen LogP contribution >= 0.6 is 11.3 Å². The van der Waals surface area contributed by atoms with Crippen molar-refractivity contribution in [3.63, 3.8) is 0 Å². The molecule has 0 unspecified atom stereocenters. The van der Waals surface area contributed by atoms with E-state index in [1.807, 2.05) is 13.8 Å². The molecule has 0 fully saturated rings. The average Bonchev–Trinajstić information content (AvgIpc) is 3.19. The third-order valence-electron chi connectivity index (χ3n) is 3.84. The number of hydroxylamine groups is 1. The molecule has 0 aliphatic heterocycles. The molecule has 3 N–H and O–H groups in total. The highest BCUT2D eigenvalue weighted by molar-refractivity contribution is 7.16. The molecule has 0 aliphatic rings. The molecule has 156 valence electrons. The number of thiazole rings is 1. The van der Waals surface area contributed by atoms with Gasteiger partial charge in [0.25, 0.3) is 11.5 Å². The van der Waals surface area contributed by atoms with Gasteiger partial charge in [-0.1, -0.05) is 19.9 Å². The van der Waals surface area contributed by atoms with E-state index in [-0.39, 0.29) is 41.4 Å². The van der Waals surface area contributed by atoms with Crippen LogP contribution in [0.2, 0.25) is 0 Å². The summed E-state index contributed by atoms with van der Waals surface area (Å²) >= 11 is 1.10. The van der Waals surface area contributed by atoms with E-state index in [1.54, 1.807) is 13.0 Å². The Bertz CT molecular complexity index is 1060. The number of hydrogen-bond donors (Lipinski definition) is 3. The van der Waals surface area contributed by atoms with Gasteiger partial charge in [0.05, 0.1) is 24.4 Å². The van der Waals surface area contributed by atoms with Crippen LogP contribution in [-0.4, -0.2) is 33.8 Å². The molecule has 0 saturated carbocycles. The third kappa shape index (κ3) is 4.78. The molecule has 29 heavy (non-hydrogen) atoms. The maximum absolute atomic E-state index is 14.3. The topological polar surface area (TPSA) is 105 Å². The summed E-state index contributed by atoms with van der Waals surface area (Å²) in [4.78, 5) is 34.2. The standard InChI is InChI=1S/C17H17FN4O4S.C2H6/c1-9-3-4-11(10(18)7-9)20-15-12(16(24)21-26-6-5-23)13-14(27-8-19-13)17(25)22(15)2;1-2/h3-4,7-8,20,23H,5-6H2,1-2H3,(H,21,24);1-2H3. The molecule has 0 aliphatic carbocycles. The summed E-state index contributed by atoms with van der Waals surface area (Å²) in [6, 6.07) is 4.56. The Morgan fingerprint density at radius 1 is 1.38 bits per heavy atom. The summed E-state index contributed by atoms with van der Waals surface area (Å²) in [5, 5.41) is 11.6. The molecule has 0 atom stereocenters. The SMILES string of the molecule is CC.Cc1ccc(Nc2c(C(=O)NOCCO)c3ncsc3c(=O)n2C)c(F)c1. The van der Waals surface area contributed by atoms with Gasteiger partial charge in [-0.15, -0.1) is 11.3 Å². The number of rotatable bonds is 6. The van der Waals surface area contributed by atoms with Crippen molar-refractivity contribution in [1.29, 1.82) is 0 Å². The summed E-state index contributed by atoms with van der Waals surface area (Å²) in [7, 11) is 1.47. The van der Waals surface area contributed by atoms with Gasteiger partial charge in [0.15, 0.2) is 0 Å². The van der Waals surface area contributed by atoms with Crippen LogP contribution in [0, 0.1) is 12.7 Å². The third-order valence-corrected chi connectivity index (χ3v) is 4.65. The van der Waals surface area contributed by atoms with Gasteiger partial charge >= 0.3 is 0 Å². The van der Waals surface area contributed by atoms with Crippen LogP contribution in [0.4, 0.5) is 15.9 Å². The molecule has 2 aromatic heterocycles. The minimum absolute atomic E-state index is 0.0336. The summed E-state index contributed by atoms with van der Waals surface area (Å²) < 4.78 is 15.8. The summed E-state index contributed by atoms with van der Waals surface area (Å²) in [5.41, 5.74) is 4.34. The van der Waals surface area contributed by atoms with Gasteiger partial charge in [0.2, 0.25) is 0 Å². The molecular weight excluding hydrogens is 399 g/mol. The molecule has 0 bridgehead atoms. The van der Waals surface area contributed by atoms with Crippen molar-refractivity contribution >= 4 is 39.0 Å². The molecule has 0 saturated heterocycles. The lowest BCUT2D eigenvalue weighted by atomic mass is 10.2. The fraction of sp³-hybridized carbons (Fsp3) is 0.316. The van der Waals surface area contributed by atoms with Gasteiger partial charge in [0.1, 0.15) is 27.4 Å². The van der Waals surface area contributed by atoms with Crippen LogP contribution in [0.3, 0.4) is 0 Å². The van der Waals surface area contributed by atoms with Crippen molar-refractivity contribution in [2.24, 2.45) is 7.05 Å². The summed E-state index contributed by atoms with van der Waals surface area (Å²) in [5.74, 6) is -1.13. The van der Waals surface area contributed by atoms with Crippen LogP contribution < -0.4 is 16.4 Å². The fourth-order valence-corrected chi connectivity index (χ4v) is 3.30. The maximum Gasteiger partial charge on any atom is 0.280 e. The monoisotopic (exact) mass is 422 g/mol. The van der Waals surface area contributed by atoms with Crippen molar-refractivity contribution in [3.05, 3.63) is 51.0 Å². The van der Waals surface area contributed by atoms with Gasteiger partial charge in [0, 0.05) is 7.05 Å². The Balaban J connectivity index is 0.00000145. The lowest BCUT2D eigenvalue weighted by molar-refractivity contribution is 0.0169. The number of nitrogens with one attached hydrogen (secondary N) is 2. The Kier molecular flexibility index (Phi) is 7.82.